The topological polar surface area (TPSA) is 26.3 Å². The molecule has 0 aliphatic heterocycles. The van der Waals surface area contributed by atoms with Crippen molar-refractivity contribution in [3.05, 3.63) is 0 Å². The minimum absolute atomic E-state index is 0.125. The molecule has 2 nitrogen and oxygen atoms in total. The van der Waals surface area contributed by atoms with Crippen molar-refractivity contribution in [2.45, 2.75) is 123 Å². The van der Waals surface area contributed by atoms with Crippen LogP contribution in [0.2, 0.25) is 0 Å². The van der Waals surface area contributed by atoms with Gasteiger partial charge in [-0.05, 0) is 63.2 Å². The predicted molar refractivity (Wildman–Crippen MR) is 106 cm³/mol. The summed E-state index contributed by atoms with van der Waals surface area (Å²) >= 11 is 0. The first-order valence-electron chi connectivity index (χ1n) is 11.4. The van der Waals surface area contributed by atoms with Gasteiger partial charge in [-0.1, -0.05) is 65.2 Å². The maximum Gasteiger partial charge on any atom is 0.309 e. The third-order valence-corrected chi connectivity index (χ3v) is 6.69. The van der Waals surface area contributed by atoms with Gasteiger partial charge in [0, 0.05) is 0 Å². The summed E-state index contributed by atoms with van der Waals surface area (Å²) < 4.78 is 5.90. The summed E-state index contributed by atoms with van der Waals surface area (Å²) in [4.78, 5) is 12.5. The van der Waals surface area contributed by atoms with Gasteiger partial charge < -0.3 is 4.74 Å². The van der Waals surface area contributed by atoms with E-state index in [2.05, 4.69) is 13.8 Å². The fourth-order valence-corrected chi connectivity index (χ4v) is 4.84. The molecule has 0 aromatic heterocycles. The number of ether oxygens (including phenoxy) is 1. The number of carbonyl (C=O) groups excluding carboxylic acids is 1. The Morgan fingerprint density at radius 2 is 1.28 bits per heavy atom. The van der Waals surface area contributed by atoms with Crippen molar-refractivity contribution in [3.63, 3.8) is 0 Å². The van der Waals surface area contributed by atoms with Crippen molar-refractivity contribution < 1.29 is 9.53 Å². The zero-order chi connectivity index (χ0) is 17.9. The van der Waals surface area contributed by atoms with Crippen LogP contribution in [0.4, 0.5) is 0 Å². The van der Waals surface area contributed by atoms with Gasteiger partial charge in [-0.2, -0.15) is 0 Å². The molecule has 2 aliphatic carbocycles. The van der Waals surface area contributed by atoms with E-state index in [-0.39, 0.29) is 18.0 Å². The Balaban J connectivity index is 1.58. The molecule has 2 rings (SSSR count). The molecule has 0 spiro atoms. The Hall–Kier alpha value is -0.530. The molecular weight excluding hydrogens is 308 g/mol. The second-order valence-electron chi connectivity index (χ2n) is 8.79. The van der Waals surface area contributed by atoms with Crippen molar-refractivity contribution in [1.82, 2.24) is 0 Å². The fourth-order valence-electron chi connectivity index (χ4n) is 4.84. The second-order valence-corrected chi connectivity index (χ2v) is 8.79. The van der Waals surface area contributed by atoms with Gasteiger partial charge in [0.05, 0.1) is 5.92 Å². The summed E-state index contributed by atoms with van der Waals surface area (Å²) in [5.41, 5.74) is 0. The number of rotatable bonds is 10. The molecule has 0 heterocycles. The molecule has 0 saturated heterocycles. The minimum Gasteiger partial charge on any atom is -0.462 e. The molecule has 0 atom stereocenters. The van der Waals surface area contributed by atoms with Crippen LogP contribution in [-0.4, -0.2) is 12.1 Å². The maximum atomic E-state index is 12.5. The van der Waals surface area contributed by atoms with Crippen LogP contribution in [-0.2, 0) is 9.53 Å². The molecule has 2 aliphatic rings. The lowest BCUT2D eigenvalue weighted by Gasteiger charge is -2.31. The predicted octanol–water partition coefficient (Wildman–Crippen LogP) is 7.06. The van der Waals surface area contributed by atoms with Crippen LogP contribution in [0.25, 0.3) is 0 Å². The number of unbranched alkanes of at least 4 members (excludes halogenated alkanes) is 4. The lowest BCUT2D eigenvalue weighted by Crippen LogP contribution is -2.30. The first kappa shape index (κ1) is 20.8. The number of hydrogen-bond acceptors (Lipinski definition) is 2. The number of hydrogen-bond donors (Lipinski definition) is 0. The first-order chi connectivity index (χ1) is 12.2. The van der Waals surface area contributed by atoms with Crippen molar-refractivity contribution in [3.8, 4) is 0 Å². The lowest BCUT2D eigenvalue weighted by molar-refractivity contribution is -0.157. The van der Waals surface area contributed by atoms with Gasteiger partial charge in [-0.3, -0.25) is 4.79 Å². The molecule has 0 N–H and O–H groups in total. The van der Waals surface area contributed by atoms with E-state index in [1.54, 1.807) is 0 Å². The van der Waals surface area contributed by atoms with Crippen LogP contribution >= 0.6 is 0 Å². The van der Waals surface area contributed by atoms with Crippen LogP contribution in [0.15, 0.2) is 0 Å². The molecule has 0 radical (unpaired) electrons. The summed E-state index contributed by atoms with van der Waals surface area (Å²) in [6.45, 7) is 4.54. The fraction of sp³-hybridized carbons (Fsp3) is 0.957. The van der Waals surface area contributed by atoms with Crippen molar-refractivity contribution >= 4 is 5.97 Å². The van der Waals surface area contributed by atoms with E-state index in [0.29, 0.717) is 0 Å². The highest BCUT2D eigenvalue weighted by atomic mass is 16.5. The van der Waals surface area contributed by atoms with Gasteiger partial charge in [-0.25, -0.2) is 0 Å². The van der Waals surface area contributed by atoms with E-state index in [4.69, 9.17) is 4.74 Å². The van der Waals surface area contributed by atoms with E-state index in [9.17, 15) is 4.79 Å². The first-order valence-corrected chi connectivity index (χ1v) is 11.4. The molecule has 2 heteroatoms. The van der Waals surface area contributed by atoms with Crippen LogP contribution < -0.4 is 0 Å². The largest absolute Gasteiger partial charge is 0.462 e. The summed E-state index contributed by atoms with van der Waals surface area (Å²) in [6, 6.07) is 0. The summed E-state index contributed by atoms with van der Waals surface area (Å²) in [5.74, 6) is 2.08. The highest BCUT2D eigenvalue weighted by molar-refractivity contribution is 5.72. The van der Waals surface area contributed by atoms with E-state index >= 15 is 0 Å². The van der Waals surface area contributed by atoms with Crippen LogP contribution in [0.5, 0.6) is 0 Å². The van der Waals surface area contributed by atoms with E-state index < -0.39 is 0 Å². The van der Waals surface area contributed by atoms with Crippen LogP contribution in [0.3, 0.4) is 0 Å². The quantitative estimate of drug-likeness (QED) is 0.311. The molecule has 146 valence electrons. The molecule has 0 aromatic rings. The third kappa shape index (κ3) is 7.71. The zero-order valence-corrected chi connectivity index (χ0v) is 16.9. The number of esters is 1. The molecule has 2 fully saturated rings. The van der Waals surface area contributed by atoms with E-state index in [1.807, 2.05) is 0 Å². The monoisotopic (exact) mass is 350 g/mol. The standard InChI is InChI=1S/C23H42O2/c1-3-5-7-8-10-20-13-17-22(18-14-20)25-23(24)21-15-11-19(12-16-21)9-6-4-2/h19-22H,3-18H2,1-2H3. The normalized spacial score (nSPS) is 30.2. The SMILES string of the molecule is CCCCCCC1CCC(OC(=O)C2CCC(CCCC)CC2)CC1. The van der Waals surface area contributed by atoms with Gasteiger partial charge in [0.1, 0.15) is 6.10 Å². The van der Waals surface area contributed by atoms with E-state index in [1.165, 1.54) is 77.0 Å². The maximum absolute atomic E-state index is 12.5. The average molecular weight is 351 g/mol. The Kier molecular flexibility index (Phi) is 9.94. The smallest absolute Gasteiger partial charge is 0.309 e. The van der Waals surface area contributed by atoms with Crippen molar-refractivity contribution in [1.29, 1.82) is 0 Å². The Morgan fingerprint density at radius 3 is 1.88 bits per heavy atom. The Labute approximate surface area is 156 Å². The molecule has 0 bridgehead atoms. The molecule has 2 saturated carbocycles. The van der Waals surface area contributed by atoms with Crippen molar-refractivity contribution in [2.75, 3.05) is 0 Å². The van der Waals surface area contributed by atoms with Crippen molar-refractivity contribution in [2.24, 2.45) is 17.8 Å². The minimum atomic E-state index is 0.125. The molecule has 0 aromatic carbocycles. The highest BCUT2D eigenvalue weighted by Gasteiger charge is 2.30. The van der Waals surface area contributed by atoms with Gasteiger partial charge in [0.25, 0.3) is 0 Å². The highest BCUT2D eigenvalue weighted by Crippen LogP contribution is 2.34. The Morgan fingerprint density at radius 1 is 0.720 bits per heavy atom. The van der Waals surface area contributed by atoms with Gasteiger partial charge in [0.15, 0.2) is 0 Å². The average Bonchev–Trinajstić information content (AvgIpc) is 2.65. The molecule has 0 amide bonds. The van der Waals surface area contributed by atoms with E-state index in [0.717, 1.165) is 37.5 Å². The third-order valence-electron chi connectivity index (χ3n) is 6.69. The lowest BCUT2D eigenvalue weighted by atomic mass is 9.79. The van der Waals surface area contributed by atoms with Gasteiger partial charge in [-0.15, -0.1) is 0 Å². The summed E-state index contributed by atoms with van der Waals surface area (Å²) in [7, 11) is 0. The zero-order valence-electron chi connectivity index (χ0n) is 16.9. The van der Waals surface area contributed by atoms with Gasteiger partial charge >= 0.3 is 5.97 Å². The summed E-state index contributed by atoms with van der Waals surface area (Å²) in [6.07, 6.45) is 20.5. The van der Waals surface area contributed by atoms with Crippen LogP contribution in [0.1, 0.15) is 117 Å². The molecule has 0 unspecified atom stereocenters. The second kappa shape index (κ2) is 12.0. The number of carbonyl (C=O) groups is 1. The Bertz CT molecular complexity index is 349. The molecule has 25 heavy (non-hydrogen) atoms. The summed E-state index contributed by atoms with van der Waals surface area (Å²) in [5, 5.41) is 0. The molecular formula is C23H42O2. The van der Waals surface area contributed by atoms with Gasteiger partial charge in [0.2, 0.25) is 0 Å². The van der Waals surface area contributed by atoms with Crippen LogP contribution in [0, 0.1) is 17.8 Å².